The van der Waals surface area contributed by atoms with Crippen molar-refractivity contribution in [1.29, 1.82) is 0 Å². The van der Waals surface area contributed by atoms with Crippen molar-refractivity contribution in [2.45, 2.75) is 30.8 Å². The van der Waals surface area contributed by atoms with Crippen LogP contribution in [-0.2, 0) is 29.7 Å². The molecule has 22 heavy (non-hydrogen) atoms. The fraction of sp³-hybridized carbons (Fsp3) is 0.286. The van der Waals surface area contributed by atoms with Gasteiger partial charge in [0.25, 0.3) is 0 Å². The van der Waals surface area contributed by atoms with Gasteiger partial charge in [-0.1, -0.05) is 18.2 Å². The van der Waals surface area contributed by atoms with Gasteiger partial charge in [0, 0.05) is 19.6 Å². The number of benzene rings is 1. The maximum atomic E-state index is 12.3. The van der Waals surface area contributed by atoms with Crippen LogP contribution in [0, 0.1) is 6.92 Å². The fourth-order valence-electron chi connectivity index (χ4n) is 2.27. The minimum Gasteiger partial charge on any atom is -0.309 e. The lowest BCUT2D eigenvalue weighted by molar-refractivity contribution is 0.583. The molecule has 0 aliphatic carbocycles. The molecule has 1 aliphatic rings. The van der Waals surface area contributed by atoms with Crippen LogP contribution in [-0.4, -0.2) is 8.42 Å². The van der Waals surface area contributed by atoms with E-state index in [1.807, 2.05) is 13.0 Å². The van der Waals surface area contributed by atoms with Gasteiger partial charge in [-0.05, 0) is 51.2 Å². The van der Waals surface area contributed by atoms with E-state index in [1.165, 1.54) is 22.5 Å². The standard InChI is InChI=1S/C14H15BrN2O2S2.ClH/c1-9-4-13(20-14(9)15)21(18,19)17-6-10-2-3-11-7-16-8-12(11)5-10;/h2-5,16-17H,6-8H2,1H3;1H. The summed E-state index contributed by atoms with van der Waals surface area (Å²) in [4.78, 5) is 0. The highest BCUT2D eigenvalue weighted by Gasteiger charge is 2.18. The largest absolute Gasteiger partial charge is 0.309 e. The summed E-state index contributed by atoms with van der Waals surface area (Å²) in [6.45, 7) is 3.94. The molecule has 0 spiro atoms. The Morgan fingerprint density at radius 3 is 2.68 bits per heavy atom. The lowest BCUT2D eigenvalue weighted by Crippen LogP contribution is -2.22. The molecule has 2 heterocycles. The summed E-state index contributed by atoms with van der Waals surface area (Å²) in [5.74, 6) is 0. The van der Waals surface area contributed by atoms with Gasteiger partial charge in [-0.25, -0.2) is 13.1 Å². The molecular weight excluding hydrogens is 408 g/mol. The molecule has 0 fully saturated rings. The molecule has 0 bridgehead atoms. The maximum Gasteiger partial charge on any atom is 0.250 e. The Morgan fingerprint density at radius 2 is 2.00 bits per heavy atom. The SMILES string of the molecule is Cc1cc(S(=O)(=O)NCc2ccc3c(c2)CNC3)sc1Br.Cl. The highest BCUT2D eigenvalue weighted by atomic mass is 79.9. The topological polar surface area (TPSA) is 58.2 Å². The van der Waals surface area contributed by atoms with Crippen LogP contribution in [0.2, 0.25) is 0 Å². The zero-order valence-electron chi connectivity index (χ0n) is 11.8. The molecular formula is C14H16BrClN2O2S2. The van der Waals surface area contributed by atoms with Crippen LogP contribution in [0.3, 0.4) is 0 Å². The van der Waals surface area contributed by atoms with Crippen molar-refractivity contribution in [2.24, 2.45) is 0 Å². The van der Waals surface area contributed by atoms with Crippen molar-refractivity contribution >= 4 is 49.7 Å². The van der Waals surface area contributed by atoms with Crippen molar-refractivity contribution in [3.8, 4) is 0 Å². The lowest BCUT2D eigenvalue weighted by atomic mass is 10.1. The van der Waals surface area contributed by atoms with E-state index in [4.69, 9.17) is 0 Å². The van der Waals surface area contributed by atoms with Crippen molar-refractivity contribution in [1.82, 2.24) is 10.0 Å². The number of aryl methyl sites for hydroxylation is 1. The Kier molecular flexibility index (Phi) is 5.68. The smallest absolute Gasteiger partial charge is 0.250 e. The van der Waals surface area contributed by atoms with Crippen LogP contribution in [0.1, 0.15) is 22.3 Å². The summed E-state index contributed by atoms with van der Waals surface area (Å²) >= 11 is 4.59. The summed E-state index contributed by atoms with van der Waals surface area (Å²) in [6, 6.07) is 7.78. The average molecular weight is 424 g/mol. The maximum absolute atomic E-state index is 12.3. The van der Waals surface area contributed by atoms with E-state index in [0.717, 1.165) is 28.0 Å². The molecule has 1 aliphatic heterocycles. The zero-order chi connectivity index (χ0) is 15.0. The molecule has 2 N–H and O–H groups in total. The second-order valence-corrected chi connectivity index (χ2v) is 9.42. The van der Waals surface area contributed by atoms with Crippen LogP contribution in [0.4, 0.5) is 0 Å². The van der Waals surface area contributed by atoms with E-state index in [9.17, 15) is 8.42 Å². The second-order valence-electron chi connectivity index (χ2n) is 5.05. The van der Waals surface area contributed by atoms with E-state index < -0.39 is 10.0 Å². The Hall–Kier alpha value is -0.440. The summed E-state index contributed by atoms with van der Waals surface area (Å²) in [7, 11) is -3.45. The van der Waals surface area contributed by atoms with Gasteiger partial charge in [-0.3, -0.25) is 0 Å². The summed E-state index contributed by atoms with van der Waals surface area (Å²) in [5.41, 5.74) is 4.46. The molecule has 0 saturated heterocycles. The van der Waals surface area contributed by atoms with E-state index in [-0.39, 0.29) is 12.4 Å². The number of rotatable bonds is 4. The van der Waals surface area contributed by atoms with E-state index >= 15 is 0 Å². The average Bonchev–Trinajstić information content (AvgIpc) is 3.04. The predicted molar refractivity (Wildman–Crippen MR) is 95.0 cm³/mol. The third-order valence-electron chi connectivity index (χ3n) is 3.47. The summed E-state index contributed by atoms with van der Waals surface area (Å²) in [6.07, 6.45) is 0. The number of hydrogen-bond acceptors (Lipinski definition) is 4. The van der Waals surface area contributed by atoms with Gasteiger partial charge in [0.1, 0.15) is 4.21 Å². The van der Waals surface area contributed by atoms with Crippen LogP contribution in [0.5, 0.6) is 0 Å². The van der Waals surface area contributed by atoms with Gasteiger partial charge < -0.3 is 5.32 Å². The molecule has 0 atom stereocenters. The van der Waals surface area contributed by atoms with Gasteiger partial charge >= 0.3 is 0 Å². The van der Waals surface area contributed by atoms with Crippen molar-refractivity contribution in [3.63, 3.8) is 0 Å². The minimum absolute atomic E-state index is 0. The monoisotopic (exact) mass is 422 g/mol. The van der Waals surface area contributed by atoms with Crippen LogP contribution < -0.4 is 10.0 Å². The zero-order valence-corrected chi connectivity index (χ0v) is 15.9. The van der Waals surface area contributed by atoms with Crippen molar-refractivity contribution < 1.29 is 8.42 Å². The fourth-order valence-corrected chi connectivity index (χ4v) is 5.56. The first kappa shape index (κ1) is 17.9. The first-order valence-corrected chi connectivity index (χ1v) is 9.62. The third kappa shape index (κ3) is 3.72. The first-order chi connectivity index (χ1) is 9.95. The number of halogens is 2. The predicted octanol–water partition coefficient (Wildman–Crippen LogP) is 3.32. The number of sulfonamides is 1. The molecule has 2 aromatic rings. The molecule has 120 valence electrons. The van der Waals surface area contributed by atoms with E-state index in [1.54, 1.807) is 6.07 Å². The van der Waals surface area contributed by atoms with Crippen LogP contribution >= 0.6 is 39.7 Å². The Balaban J connectivity index is 0.00000176. The highest BCUT2D eigenvalue weighted by molar-refractivity contribution is 9.11. The van der Waals surface area contributed by atoms with Gasteiger partial charge in [-0.2, -0.15) is 0 Å². The first-order valence-electron chi connectivity index (χ1n) is 6.53. The third-order valence-corrected chi connectivity index (χ3v) is 7.48. The number of nitrogens with one attached hydrogen (secondary N) is 2. The molecule has 4 nitrogen and oxygen atoms in total. The molecule has 0 radical (unpaired) electrons. The van der Waals surface area contributed by atoms with Gasteiger partial charge in [0.2, 0.25) is 10.0 Å². The van der Waals surface area contributed by atoms with E-state index in [0.29, 0.717) is 10.8 Å². The normalized spacial score (nSPS) is 13.7. The van der Waals surface area contributed by atoms with Crippen molar-refractivity contribution in [3.05, 3.63) is 50.3 Å². The summed E-state index contributed by atoms with van der Waals surface area (Å²) in [5, 5.41) is 3.28. The van der Waals surface area contributed by atoms with Gasteiger partial charge in [0.15, 0.2) is 0 Å². The molecule has 1 aromatic heterocycles. The molecule has 3 rings (SSSR count). The molecule has 8 heteroatoms. The number of fused-ring (bicyclic) bond motifs is 1. The van der Waals surface area contributed by atoms with Gasteiger partial charge in [0.05, 0.1) is 3.79 Å². The van der Waals surface area contributed by atoms with Crippen molar-refractivity contribution in [2.75, 3.05) is 0 Å². The Bertz CT molecular complexity index is 771. The molecule has 0 saturated carbocycles. The quantitative estimate of drug-likeness (QED) is 0.793. The second kappa shape index (κ2) is 6.98. The number of thiophene rings is 1. The minimum atomic E-state index is -3.45. The Morgan fingerprint density at radius 1 is 1.27 bits per heavy atom. The molecule has 0 unspecified atom stereocenters. The molecule has 0 amide bonds. The highest BCUT2D eigenvalue weighted by Crippen LogP contribution is 2.30. The van der Waals surface area contributed by atoms with Gasteiger partial charge in [-0.15, -0.1) is 23.7 Å². The van der Waals surface area contributed by atoms with E-state index in [2.05, 4.69) is 38.1 Å². The molecule has 1 aromatic carbocycles. The number of hydrogen-bond donors (Lipinski definition) is 2. The summed E-state index contributed by atoms with van der Waals surface area (Å²) < 4.78 is 28.4. The lowest BCUT2D eigenvalue weighted by Gasteiger charge is -2.06. The van der Waals surface area contributed by atoms with Crippen LogP contribution in [0.15, 0.2) is 32.3 Å². The van der Waals surface area contributed by atoms with Crippen LogP contribution in [0.25, 0.3) is 0 Å². The Labute approximate surface area is 148 Å².